The molecule has 1 aliphatic rings. The predicted molar refractivity (Wildman–Crippen MR) is 101 cm³/mol. The summed E-state index contributed by atoms with van der Waals surface area (Å²) < 4.78 is 5.33. The third-order valence-electron chi connectivity index (χ3n) is 3.60. The number of aryl methyl sites for hydroxylation is 1. The Kier molecular flexibility index (Phi) is 6.64. The van der Waals surface area contributed by atoms with Crippen molar-refractivity contribution in [1.29, 1.82) is 0 Å². The van der Waals surface area contributed by atoms with Crippen LogP contribution in [0.5, 0.6) is 0 Å². The Morgan fingerprint density at radius 3 is 2.88 bits per heavy atom. The van der Waals surface area contributed by atoms with Gasteiger partial charge in [0.25, 0.3) is 0 Å². The number of hydrogen-bond acceptors (Lipinski definition) is 5. The normalized spacial score (nSPS) is 18.4. The molecule has 0 spiro atoms. The Morgan fingerprint density at radius 2 is 2.28 bits per heavy atom. The average molecular weight is 368 g/mol. The van der Waals surface area contributed by atoms with Gasteiger partial charge in [0.05, 0.1) is 17.6 Å². The van der Waals surface area contributed by atoms with E-state index in [1.807, 2.05) is 33.9 Å². The van der Waals surface area contributed by atoms with Crippen LogP contribution in [-0.2, 0) is 11.3 Å². The van der Waals surface area contributed by atoms with E-state index in [-0.39, 0.29) is 12.1 Å². The molecule has 7 nitrogen and oxygen atoms in total. The molecule has 1 aromatic heterocycles. The molecule has 0 radical (unpaired) electrons. The molecule has 140 valence electrons. The zero-order chi connectivity index (χ0) is 18.4. The van der Waals surface area contributed by atoms with Gasteiger partial charge in [-0.05, 0) is 41.0 Å². The van der Waals surface area contributed by atoms with Crippen LogP contribution < -0.4 is 10.6 Å². The number of likely N-dealkylation sites (tertiary alicyclic amines) is 1. The highest BCUT2D eigenvalue weighted by atomic mass is 32.1. The standard InChI is InChI=1S/C17H29N5O2S/c1-6-18-15(20-10-14-9-19-12(2)25-14)22-8-7-13(11-22)21-16(23)24-17(3,4)5/h9,13H,6-8,10-11H2,1-5H3,(H,18,20)(H,21,23). The number of carbonyl (C=O) groups is 1. The van der Waals surface area contributed by atoms with Crippen LogP contribution in [0.15, 0.2) is 11.2 Å². The quantitative estimate of drug-likeness (QED) is 0.631. The molecule has 8 heteroatoms. The number of rotatable bonds is 4. The molecule has 1 fully saturated rings. The van der Waals surface area contributed by atoms with Crippen molar-refractivity contribution in [2.75, 3.05) is 19.6 Å². The molecule has 0 aromatic carbocycles. The number of nitrogens with zero attached hydrogens (tertiary/aromatic N) is 3. The first-order valence-corrected chi connectivity index (χ1v) is 9.52. The zero-order valence-corrected chi connectivity index (χ0v) is 16.6. The Bertz CT molecular complexity index is 608. The van der Waals surface area contributed by atoms with Crippen LogP contribution >= 0.6 is 11.3 Å². The number of carbonyl (C=O) groups excluding carboxylic acids is 1. The van der Waals surface area contributed by atoms with Crippen LogP contribution in [0, 0.1) is 6.92 Å². The summed E-state index contributed by atoms with van der Waals surface area (Å²) in [5, 5.41) is 7.33. The van der Waals surface area contributed by atoms with Crippen LogP contribution in [0.25, 0.3) is 0 Å². The maximum Gasteiger partial charge on any atom is 0.407 e. The molecule has 1 unspecified atom stereocenters. The molecular weight excluding hydrogens is 338 g/mol. The van der Waals surface area contributed by atoms with E-state index in [0.717, 1.165) is 41.9 Å². The number of nitrogens with one attached hydrogen (secondary N) is 2. The lowest BCUT2D eigenvalue weighted by atomic mass is 10.2. The minimum Gasteiger partial charge on any atom is -0.444 e. The van der Waals surface area contributed by atoms with E-state index in [2.05, 4.69) is 27.4 Å². The van der Waals surface area contributed by atoms with Crippen LogP contribution in [0.4, 0.5) is 4.79 Å². The summed E-state index contributed by atoms with van der Waals surface area (Å²) in [4.78, 5) is 24.2. The first-order chi connectivity index (χ1) is 11.8. The molecule has 1 atom stereocenters. The fourth-order valence-corrected chi connectivity index (χ4v) is 3.32. The fraction of sp³-hybridized carbons (Fsp3) is 0.706. The molecular formula is C17H29N5O2S. The lowest BCUT2D eigenvalue weighted by molar-refractivity contribution is 0.0507. The van der Waals surface area contributed by atoms with Crippen molar-refractivity contribution < 1.29 is 9.53 Å². The summed E-state index contributed by atoms with van der Waals surface area (Å²) in [6, 6.07) is 0.0735. The van der Waals surface area contributed by atoms with Gasteiger partial charge >= 0.3 is 6.09 Å². The smallest absolute Gasteiger partial charge is 0.407 e. The van der Waals surface area contributed by atoms with Crippen molar-refractivity contribution in [3.8, 4) is 0 Å². The largest absolute Gasteiger partial charge is 0.444 e. The van der Waals surface area contributed by atoms with Gasteiger partial charge < -0.3 is 20.3 Å². The van der Waals surface area contributed by atoms with Gasteiger partial charge in [0.2, 0.25) is 0 Å². The van der Waals surface area contributed by atoms with Crippen LogP contribution in [-0.4, -0.2) is 53.2 Å². The summed E-state index contributed by atoms with van der Waals surface area (Å²) >= 11 is 1.67. The van der Waals surface area contributed by atoms with E-state index < -0.39 is 5.60 Å². The Hall–Kier alpha value is -1.83. The van der Waals surface area contributed by atoms with Crippen LogP contribution in [0.3, 0.4) is 0 Å². The fourth-order valence-electron chi connectivity index (χ4n) is 2.60. The van der Waals surface area contributed by atoms with Gasteiger partial charge in [-0.3, -0.25) is 0 Å². The van der Waals surface area contributed by atoms with E-state index in [1.165, 1.54) is 0 Å². The second-order valence-corrected chi connectivity index (χ2v) is 8.41. The highest BCUT2D eigenvalue weighted by molar-refractivity contribution is 7.11. The lowest BCUT2D eigenvalue weighted by Gasteiger charge is -2.23. The van der Waals surface area contributed by atoms with Crippen molar-refractivity contribution in [2.45, 2.75) is 59.2 Å². The van der Waals surface area contributed by atoms with E-state index >= 15 is 0 Å². The Morgan fingerprint density at radius 1 is 1.52 bits per heavy atom. The summed E-state index contributed by atoms with van der Waals surface area (Å²) in [6.07, 6.45) is 2.40. The molecule has 0 bridgehead atoms. The molecule has 0 aliphatic carbocycles. The third kappa shape index (κ3) is 6.53. The second-order valence-electron chi connectivity index (χ2n) is 7.09. The summed E-state index contributed by atoms with van der Waals surface area (Å²) in [6.45, 7) is 12.7. The number of alkyl carbamates (subject to hydrolysis) is 1. The maximum absolute atomic E-state index is 11.9. The number of aromatic nitrogens is 1. The van der Waals surface area contributed by atoms with Crippen LogP contribution in [0.2, 0.25) is 0 Å². The molecule has 1 saturated heterocycles. The zero-order valence-electron chi connectivity index (χ0n) is 15.8. The van der Waals surface area contributed by atoms with Gasteiger partial charge in [0.15, 0.2) is 5.96 Å². The summed E-state index contributed by atoms with van der Waals surface area (Å²) in [5.74, 6) is 0.877. The van der Waals surface area contributed by atoms with E-state index in [0.29, 0.717) is 6.54 Å². The number of thiazole rings is 1. The number of guanidine groups is 1. The van der Waals surface area contributed by atoms with Crippen molar-refractivity contribution in [1.82, 2.24) is 20.5 Å². The molecule has 0 saturated carbocycles. The highest BCUT2D eigenvalue weighted by Gasteiger charge is 2.27. The molecule has 2 rings (SSSR count). The van der Waals surface area contributed by atoms with Gasteiger partial charge in [-0.2, -0.15) is 0 Å². The van der Waals surface area contributed by atoms with Crippen molar-refractivity contribution >= 4 is 23.4 Å². The second kappa shape index (κ2) is 8.51. The molecule has 1 amide bonds. The minimum atomic E-state index is -0.481. The number of amides is 1. The van der Waals surface area contributed by atoms with E-state index in [1.54, 1.807) is 11.3 Å². The van der Waals surface area contributed by atoms with Crippen molar-refractivity contribution in [3.05, 3.63) is 16.1 Å². The molecule has 2 N–H and O–H groups in total. The summed E-state index contributed by atoms with van der Waals surface area (Å²) in [7, 11) is 0. The van der Waals surface area contributed by atoms with Gasteiger partial charge in [0.1, 0.15) is 5.60 Å². The SMILES string of the molecule is CCNC(=NCc1cnc(C)s1)N1CCC(NC(=O)OC(C)(C)C)C1. The number of hydrogen-bond donors (Lipinski definition) is 2. The maximum atomic E-state index is 11.9. The summed E-state index contributed by atoms with van der Waals surface area (Å²) in [5.41, 5.74) is -0.481. The first-order valence-electron chi connectivity index (χ1n) is 8.71. The monoisotopic (exact) mass is 367 g/mol. The molecule has 25 heavy (non-hydrogen) atoms. The molecule has 2 heterocycles. The minimum absolute atomic E-state index is 0.0735. The van der Waals surface area contributed by atoms with E-state index in [4.69, 9.17) is 9.73 Å². The molecule has 1 aliphatic heterocycles. The first kappa shape index (κ1) is 19.5. The lowest BCUT2D eigenvalue weighted by Crippen LogP contribution is -2.44. The van der Waals surface area contributed by atoms with Crippen LogP contribution in [0.1, 0.15) is 44.0 Å². The van der Waals surface area contributed by atoms with Gasteiger partial charge in [-0.15, -0.1) is 11.3 Å². The molecule has 1 aromatic rings. The van der Waals surface area contributed by atoms with E-state index in [9.17, 15) is 4.79 Å². The van der Waals surface area contributed by atoms with Gasteiger partial charge in [-0.25, -0.2) is 14.8 Å². The third-order valence-corrected chi connectivity index (χ3v) is 4.49. The highest BCUT2D eigenvalue weighted by Crippen LogP contribution is 2.15. The number of ether oxygens (including phenoxy) is 1. The average Bonchev–Trinajstić information content (AvgIpc) is 3.10. The van der Waals surface area contributed by atoms with Gasteiger partial charge in [0, 0.05) is 30.7 Å². The Balaban J connectivity index is 1.90. The predicted octanol–water partition coefficient (Wildman–Crippen LogP) is 2.52. The topological polar surface area (TPSA) is 78.9 Å². The van der Waals surface area contributed by atoms with Crippen molar-refractivity contribution in [2.24, 2.45) is 4.99 Å². The van der Waals surface area contributed by atoms with Gasteiger partial charge in [-0.1, -0.05) is 0 Å². The number of aliphatic imine (C=N–C) groups is 1. The van der Waals surface area contributed by atoms with Crippen molar-refractivity contribution in [3.63, 3.8) is 0 Å². The Labute approximate surface area is 153 Å².